The van der Waals surface area contributed by atoms with Crippen LogP contribution in [-0.2, 0) is 16.4 Å². The molecular formula is C17H19N3O3S. The van der Waals surface area contributed by atoms with Crippen molar-refractivity contribution in [3.05, 3.63) is 52.3 Å². The van der Waals surface area contributed by atoms with Gasteiger partial charge in [-0.3, -0.25) is 4.72 Å². The molecule has 3 rings (SSSR count). The summed E-state index contributed by atoms with van der Waals surface area (Å²) in [5.41, 5.74) is 5.15. The monoisotopic (exact) mass is 345 g/mol. The highest BCUT2D eigenvalue weighted by Crippen LogP contribution is 2.30. The molecule has 0 unspecified atom stereocenters. The van der Waals surface area contributed by atoms with Gasteiger partial charge in [0.25, 0.3) is 0 Å². The van der Waals surface area contributed by atoms with E-state index in [9.17, 15) is 8.42 Å². The summed E-state index contributed by atoms with van der Waals surface area (Å²) < 4.78 is 31.3. The Morgan fingerprint density at radius 3 is 2.50 bits per heavy atom. The van der Waals surface area contributed by atoms with E-state index < -0.39 is 10.0 Å². The number of nitrogens with one attached hydrogen (secondary N) is 1. The number of anilines is 1. The molecule has 3 aromatic rings. The standard InChI is InChI=1S/C17H19N3O3S/c1-10-7-5-6-8-13(10)9-14-11(2)15-16(12(3)23-19-15)18-17(14)20-24(4,21)22/h5-8H,9H2,1-4H3,(H,18,20). The topological polar surface area (TPSA) is 85.1 Å². The van der Waals surface area contributed by atoms with Gasteiger partial charge in [-0.05, 0) is 37.5 Å². The van der Waals surface area contributed by atoms with Gasteiger partial charge in [-0.1, -0.05) is 29.4 Å². The number of nitrogens with zero attached hydrogens (tertiary/aromatic N) is 2. The van der Waals surface area contributed by atoms with Crippen LogP contribution in [0.15, 0.2) is 28.8 Å². The lowest BCUT2D eigenvalue weighted by Crippen LogP contribution is -2.14. The molecule has 0 saturated carbocycles. The van der Waals surface area contributed by atoms with Crippen LogP contribution in [-0.4, -0.2) is 24.8 Å². The van der Waals surface area contributed by atoms with Crippen molar-refractivity contribution in [2.75, 3.05) is 11.0 Å². The minimum absolute atomic E-state index is 0.331. The second kappa shape index (κ2) is 5.90. The lowest BCUT2D eigenvalue weighted by atomic mass is 9.97. The average molecular weight is 345 g/mol. The quantitative estimate of drug-likeness (QED) is 0.785. The Hall–Kier alpha value is -2.41. The summed E-state index contributed by atoms with van der Waals surface area (Å²) in [5, 5.41) is 4.07. The van der Waals surface area contributed by atoms with Gasteiger partial charge in [0, 0.05) is 12.0 Å². The van der Waals surface area contributed by atoms with Crippen LogP contribution in [0.4, 0.5) is 5.82 Å². The van der Waals surface area contributed by atoms with Crippen LogP contribution in [0, 0.1) is 20.8 Å². The van der Waals surface area contributed by atoms with E-state index in [0.29, 0.717) is 29.0 Å². The first-order valence-electron chi connectivity index (χ1n) is 7.54. The highest BCUT2D eigenvalue weighted by Gasteiger charge is 2.19. The minimum atomic E-state index is -3.45. The summed E-state index contributed by atoms with van der Waals surface area (Å²) >= 11 is 0. The summed E-state index contributed by atoms with van der Waals surface area (Å²) in [6.45, 7) is 5.70. The van der Waals surface area contributed by atoms with E-state index in [4.69, 9.17) is 4.52 Å². The van der Waals surface area contributed by atoms with E-state index >= 15 is 0 Å². The zero-order valence-electron chi connectivity index (χ0n) is 14.0. The summed E-state index contributed by atoms with van der Waals surface area (Å²) in [6.07, 6.45) is 1.68. The number of pyridine rings is 1. The van der Waals surface area contributed by atoms with Crippen LogP contribution < -0.4 is 4.72 Å². The molecule has 7 heteroatoms. The number of fused-ring (bicyclic) bond motifs is 1. The van der Waals surface area contributed by atoms with Gasteiger partial charge in [0.05, 0.1) is 6.26 Å². The van der Waals surface area contributed by atoms with Crippen molar-refractivity contribution in [3.63, 3.8) is 0 Å². The molecule has 0 bridgehead atoms. The van der Waals surface area contributed by atoms with E-state index in [1.165, 1.54) is 0 Å². The van der Waals surface area contributed by atoms with Gasteiger partial charge in [-0.2, -0.15) is 0 Å². The Balaban J connectivity index is 2.22. The predicted molar refractivity (Wildman–Crippen MR) is 93.7 cm³/mol. The van der Waals surface area contributed by atoms with E-state index in [-0.39, 0.29) is 0 Å². The van der Waals surface area contributed by atoms with Crippen molar-refractivity contribution in [1.29, 1.82) is 0 Å². The molecule has 0 radical (unpaired) electrons. The van der Waals surface area contributed by atoms with Crippen LogP contribution in [0.3, 0.4) is 0 Å². The molecule has 1 N–H and O–H groups in total. The Morgan fingerprint density at radius 2 is 1.83 bits per heavy atom. The van der Waals surface area contributed by atoms with Crippen LogP contribution >= 0.6 is 0 Å². The maximum absolute atomic E-state index is 11.8. The largest absolute Gasteiger partial charge is 0.359 e. The summed E-state index contributed by atoms with van der Waals surface area (Å²) in [7, 11) is -3.45. The lowest BCUT2D eigenvalue weighted by Gasteiger charge is -2.14. The molecule has 0 fully saturated rings. The summed E-state index contributed by atoms with van der Waals surface area (Å²) in [5.74, 6) is 0.893. The van der Waals surface area contributed by atoms with Gasteiger partial charge < -0.3 is 4.52 Å². The fourth-order valence-electron chi connectivity index (χ4n) is 2.72. The molecule has 6 nitrogen and oxygen atoms in total. The molecule has 24 heavy (non-hydrogen) atoms. The van der Waals surface area contributed by atoms with Gasteiger partial charge in [0.2, 0.25) is 10.0 Å². The highest BCUT2D eigenvalue weighted by molar-refractivity contribution is 7.92. The van der Waals surface area contributed by atoms with Gasteiger partial charge in [0.15, 0.2) is 5.76 Å². The number of hydrogen-bond acceptors (Lipinski definition) is 5. The number of sulfonamides is 1. The van der Waals surface area contributed by atoms with Crippen LogP contribution in [0.1, 0.15) is 28.0 Å². The van der Waals surface area contributed by atoms with Crippen molar-refractivity contribution < 1.29 is 12.9 Å². The fraction of sp³-hybridized carbons (Fsp3) is 0.294. The molecule has 126 valence electrons. The second-order valence-electron chi connectivity index (χ2n) is 5.98. The van der Waals surface area contributed by atoms with Gasteiger partial charge in [0.1, 0.15) is 16.9 Å². The zero-order chi connectivity index (χ0) is 17.5. The predicted octanol–water partition coefficient (Wildman–Crippen LogP) is 3.11. The number of rotatable bonds is 4. The van der Waals surface area contributed by atoms with Crippen molar-refractivity contribution >= 4 is 26.9 Å². The molecule has 0 aliphatic carbocycles. The van der Waals surface area contributed by atoms with Crippen molar-refractivity contribution in [2.24, 2.45) is 0 Å². The molecule has 0 aliphatic rings. The van der Waals surface area contributed by atoms with Gasteiger partial charge in [-0.25, -0.2) is 13.4 Å². The molecule has 2 heterocycles. The molecule has 2 aromatic heterocycles. The Labute approximate surface area is 140 Å². The normalized spacial score (nSPS) is 11.8. The zero-order valence-corrected chi connectivity index (χ0v) is 14.9. The van der Waals surface area contributed by atoms with E-state index in [2.05, 4.69) is 14.9 Å². The summed E-state index contributed by atoms with van der Waals surface area (Å²) in [6, 6.07) is 8.00. The molecule has 0 spiro atoms. The maximum atomic E-state index is 11.8. The molecule has 0 amide bonds. The molecule has 1 aromatic carbocycles. The van der Waals surface area contributed by atoms with Crippen LogP contribution in [0.5, 0.6) is 0 Å². The molecule has 0 atom stereocenters. The molecule has 0 aliphatic heterocycles. The third-order valence-electron chi connectivity index (χ3n) is 4.06. The van der Waals surface area contributed by atoms with Crippen LogP contribution in [0.2, 0.25) is 0 Å². The number of aryl methyl sites for hydroxylation is 3. The third kappa shape index (κ3) is 3.12. The smallest absolute Gasteiger partial charge is 0.230 e. The van der Waals surface area contributed by atoms with E-state index in [0.717, 1.165) is 28.5 Å². The maximum Gasteiger partial charge on any atom is 0.230 e. The Bertz CT molecular complexity index is 1020. The fourth-order valence-corrected chi connectivity index (χ4v) is 3.24. The minimum Gasteiger partial charge on any atom is -0.359 e. The van der Waals surface area contributed by atoms with Crippen molar-refractivity contribution in [3.8, 4) is 0 Å². The van der Waals surface area contributed by atoms with Crippen LogP contribution in [0.25, 0.3) is 11.0 Å². The summed E-state index contributed by atoms with van der Waals surface area (Å²) in [4.78, 5) is 4.46. The molecule has 0 saturated heterocycles. The number of hydrogen-bond donors (Lipinski definition) is 1. The molecular weight excluding hydrogens is 326 g/mol. The highest BCUT2D eigenvalue weighted by atomic mass is 32.2. The second-order valence-corrected chi connectivity index (χ2v) is 7.73. The Morgan fingerprint density at radius 1 is 1.12 bits per heavy atom. The Kier molecular flexibility index (Phi) is 4.04. The third-order valence-corrected chi connectivity index (χ3v) is 4.62. The SMILES string of the molecule is Cc1ccccc1Cc1c(NS(C)(=O)=O)nc2c(C)onc2c1C. The first kappa shape index (κ1) is 16.4. The first-order valence-corrected chi connectivity index (χ1v) is 9.43. The van der Waals surface area contributed by atoms with E-state index in [1.54, 1.807) is 6.92 Å². The van der Waals surface area contributed by atoms with Crippen molar-refractivity contribution in [1.82, 2.24) is 10.1 Å². The first-order chi connectivity index (χ1) is 11.3. The van der Waals surface area contributed by atoms with E-state index in [1.807, 2.05) is 38.1 Å². The number of benzene rings is 1. The van der Waals surface area contributed by atoms with Gasteiger partial charge >= 0.3 is 0 Å². The average Bonchev–Trinajstić information content (AvgIpc) is 2.85. The number of aromatic nitrogens is 2. The van der Waals surface area contributed by atoms with Crippen molar-refractivity contribution in [2.45, 2.75) is 27.2 Å². The van der Waals surface area contributed by atoms with Gasteiger partial charge in [-0.15, -0.1) is 0 Å². The lowest BCUT2D eigenvalue weighted by molar-refractivity contribution is 0.405.